The standard InChI is InChI=1S/4C6H6O3S.2Sr/c4*7-10(8,9)6-4-2-1-3-5-6;;/h4*1-5H,(H,7,8,9);;/q;;;;2*+2/p-4. The van der Waals surface area contributed by atoms with E-state index in [-0.39, 0.29) is 111 Å². The third-order valence-electron chi connectivity index (χ3n) is 4.13. The third-order valence-corrected chi connectivity index (χ3v) is 7.53. The second kappa shape index (κ2) is 20.5. The molecule has 0 bridgehead atoms. The first-order valence-corrected chi connectivity index (χ1v) is 16.1. The van der Waals surface area contributed by atoms with Gasteiger partial charge in [0.2, 0.25) is 0 Å². The largest absolute Gasteiger partial charge is 2.00 e. The Morgan fingerprint density at radius 3 is 0.476 bits per heavy atom. The Bertz CT molecular complexity index is 1490. The van der Waals surface area contributed by atoms with E-state index in [4.69, 9.17) is 0 Å². The smallest absolute Gasteiger partial charge is 0.744 e. The maximum atomic E-state index is 10.3. The van der Waals surface area contributed by atoms with Crippen LogP contribution in [0.3, 0.4) is 0 Å². The molecule has 4 aromatic carbocycles. The molecule has 4 rings (SSSR count). The first-order chi connectivity index (χ1) is 18.4. The molecule has 0 aliphatic carbocycles. The molecule has 216 valence electrons. The molecule has 0 radical (unpaired) electrons. The molecule has 0 fully saturated rings. The van der Waals surface area contributed by atoms with E-state index in [1.54, 1.807) is 24.3 Å². The van der Waals surface area contributed by atoms with Gasteiger partial charge in [-0.15, -0.1) is 0 Å². The number of hydrogen-bond acceptors (Lipinski definition) is 12. The van der Waals surface area contributed by atoms with Gasteiger partial charge in [0.1, 0.15) is 40.5 Å². The van der Waals surface area contributed by atoms with Crippen molar-refractivity contribution in [3.63, 3.8) is 0 Å². The zero-order chi connectivity index (χ0) is 30.5. The molecule has 0 amide bonds. The van der Waals surface area contributed by atoms with E-state index in [0.29, 0.717) is 0 Å². The van der Waals surface area contributed by atoms with Gasteiger partial charge in [0, 0.05) is 0 Å². The van der Waals surface area contributed by atoms with Gasteiger partial charge in [0.25, 0.3) is 0 Å². The summed E-state index contributed by atoms with van der Waals surface area (Å²) in [5.74, 6) is 0. The molecule has 42 heavy (non-hydrogen) atoms. The van der Waals surface area contributed by atoms with E-state index in [2.05, 4.69) is 0 Å². The zero-order valence-corrected chi connectivity index (χ0v) is 31.7. The van der Waals surface area contributed by atoms with E-state index in [9.17, 15) is 51.9 Å². The summed E-state index contributed by atoms with van der Waals surface area (Å²) >= 11 is 0. The van der Waals surface area contributed by atoms with Crippen LogP contribution in [0.2, 0.25) is 0 Å². The van der Waals surface area contributed by atoms with E-state index in [1.165, 1.54) is 97.1 Å². The fraction of sp³-hybridized carbons (Fsp3) is 0. The van der Waals surface area contributed by atoms with Crippen LogP contribution in [0.25, 0.3) is 0 Å². The molecule has 18 heteroatoms. The van der Waals surface area contributed by atoms with Gasteiger partial charge >= 0.3 is 91.0 Å². The predicted octanol–water partition coefficient (Wildman–Crippen LogP) is 1.60. The van der Waals surface area contributed by atoms with Gasteiger partial charge in [-0.3, -0.25) is 0 Å². The Balaban J connectivity index is 0. The van der Waals surface area contributed by atoms with Crippen LogP contribution in [-0.4, -0.2) is 143 Å². The van der Waals surface area contributed by atoms with Crippen molar-refractivity contribution in [2.24, 2.45) is 0 Å². The summed E-state index contributed by atoms with van der Waals surface area (Å²) in [5.41, 5.74) is 0. The van der Waals surface area contributed by atoms with Gasteiger partial charge in [-0.1, -0.05) is 72.8 Å². The Kier molecular flexibility index (Phi) is 21.3. The van der Waals surface area contributed by atoms with Crippen LogP contribution in [-0.2, 0) is 40.5 Å². The first-order valence-electron chi connectivity index (χ1n) is 10.5. The zero-order valence-electron chi connectivity index (χ0n) is 21.5. The molecular weight excluding hydrogens is 784 g/mol. The molecule has 0 aromatic heterocycles. The molecule has 4 aromatic rings. The van der Waals surface area contributed by atoms with Gasteiger partial charge in [-0.05, 0) is 48.5 Å². The molecular formula is C24H20O12S4Sr2. The van der Waals surface area contributed by atoms with Crippen molar-refractivity contribution in [2.45, 2.75) is 19.6 Å². The number of hydrogen-bond donors (Lipinski definition) is 0. The molecule has 0 spiro atoms. The van der Waals surface area contributed by atoms with Crippen molar-refractivity contribution in [1.29, 1.82) is 0 Å². The maximum Gasteiger partial charge on any atom is 2.00 e. The van der Waals surface area contributed by atoms with Gasteiger partial charge in [0.15, 0.2) is 0 Å². The summed E-state index contributed by atoms with van der Waals surface area (Å²) in [6.07, 6.45) is 0. The summed E-state index contributed by atoms with van der Waals surface area (Å²) in [4.78, 5) is -0.741. The molecule has 0 saturated heterocycles. The fourth-order valence-electron chi connectivity index (χ4n) is 2.35. The monoisotopic (exact) mass is 804 g/mol. The maximum absolute atomic E-state index is 10.3. The van der Waals surface area contributed by atoms with Crippen molar-refractivity contribution in [2.75, 3.05) is 0 Å². The molecule has 0 unspecified atom stereocenters. The average molecular weight is 804 g/mol. The van der Waals surface area contributed by atoms with Crippen molar-refractivity contribution in [1.82, 2.24) is 0 Å². The molecule has 0 heterocycles. The van der Waals surface area contributed by atoms with Crippen LogP contribution in [0.15, 0.2) is 141 Å². The quantitative estimate of drug-likeness (QED) is 0.212. The first kappa shape index (κ1) is 43.6. The van der Waals surface area contributed by atoms with Crippen molar-refractivity contribution in [3.8, 4) is 0 Å². The van der Waals surface area contributed by atoms with Crippen LogP contribution in [0, 0.1) is 0 Å². The minimum atomic E-state index is -4.25. The normalized spacial score (nSPS) is 10.8. The number of rotatable bonds is 4. The minimum absolute atomic E-state index is 0. The topological polar surface area (TPSA) is 229 Å². The van der Waals surface area contributed by atoms with Gasteiger partial charge in [-0.25, -0.2) is 33.7 Å². The van der Waals surface area contributed by atoms with Crippen molar-refractivity contribution in [3.05, 3.63) is 121 Å². The average Bonchev–Trinajstić information content (AvgIpc) is 2.90. The van der Waals surface area contributed by atoms with Gasteiger partial charge in [0.05, 0.1) is 19.6 Å². The van der Waals surface area contributed by atoms with E-state index in [0.717, 1.165) is 0 Å². The Labute approximate surface area is 319 Å². The minimum Gasteiger partial charge on any atom is -0.744 e. The summed E-state index contributed by atoms with van der Waals surface area (Å²) in [6.45, 7) is 0. The predicted molar refractivity (Wildman–Crippen MR) is 149 cm³/mol. The molecule has 0 aliphatic heterocycles. The van der Waals surface area contributed by atoms with E-state index < -0.39 is 40.5 Å². The van der Waals surface area contributed by atoms with Crippen LogP contribution in [0.1, 0.15) is 0 Å². The van der Waals surface area contributed by atoms with Crippen LogP contribution < -0.4 is 0 Å². The molecule has 12 nitrogen and oxygen atoms in total. The Hall–Kier alpha value is -0.519. The summed E-state index contributed by atoms with van der Waals surface area (Å²) in [7, 11) is -17.0. The fourth-order valence-corrected chi connectivity index (χ4v) is 4.31. The Morgan fingerprint density at radius 1 is 0.286 bits per heavy atom. The molecule has 0 N–H and O–H groups in total. The van der Waals surface area contributed by atoms with Gasteiger partial charge in [-0.2, -0.15) is 0 Å². The second-order valence-electron chi connectivity index (χ2n) is 7.07. The van der Waals surface area contributed by atoms with Gasteiger partial charge < -0.3 is 18.2 Å². The molecule has 0 atom stereocenters. The SMILES string of the molecule is O=S(=O)([O-])c1ccccc1.O=S(=O)([O-])c1ccccc1.O=S(=O)([O-])c1ccccc1.O=S(=O)([O-])c1ccccc1.[Sr+2].[Sr+2]. The number of benzene rings is 4. The van der Waals surface area contributed by atoms with Crippen LogP contribution in [0.5, 0.6) is 0 Å². The Morgan fingerprint density at radius 2 is 0.405 bits per heavy atom. The summed E-state index contributed by atoms with van der Waals surface area (Å²) in [6, 6.07) is 28.8. The van der Waals surface area contributed by atoms with E-state index in [1.807, 2.05) is 0 Å². The van der Waals surface area contributed by atoms with Crippen molar-refractivity contribution < 1.29 is 51.9 Å². The molecule has 0 aliphatic rings. The molecule has 0 saturated carbocycles. The van der Waals surface area contributed by atoms with Crippen LogP contribution >= 0.6 is 0 Å². The second-order valence-corrected chi connectivity index (χ2v) is 12.6. The van der Waals surface area contributed by atoms with E-state index >= 15 is 0 Å². The summed E-state index contributed by atoms with van der Waals surface area (Å²) in [5, 5.41) is 0. The van der Waals surface area contributed by atoms with Crippen molar-refractivity contribution >= 4 is 131 Å². The summed E-state index contributed by atoms with van der Waals surface area (Å²) < 4.78 is 123. The third kappa shape index (κ3) is 19.0. The van der Waals surface area contributed by atoms with Crippen LogP contribution in [0.4, 0.5) is 0 Å².